The smallest absolute Gasteiger partial charge is 0.212 e. The molecule has 5 aromatic rings. The molecule has 0 radical (unpaired) electrons. The minimum Gasteiger partial charge on any atom is -0.288 e. The molecule has 0 bridgehead atoms. The molecule has 6 heteroatoms. The molecule has 0 N–H and O–H groups in total. The van der Waals surface area contributed by atoms with Crippen molar-refractivity contribution in [3.63, 3.8) is 0 Å². The minimum atomic E-state index is -0.452. The van der Waals surface area contributed by atoms with E-state index in [1.54, 1.807) is 88.9 Å². The molecule has 1 aliphatic rings. The summed E-state index contributed by atoms with van der Waals surface area (Å²) in [6, 6.07) is 38.3. The topological polar surface area (TPSA) is 40.6 Å². The second kappa shape index (κ2) is 11.5. The Bertz CT molecular complexity index is 1800. The molecule has 0 aliphatic carbocycles. The first-order valence-electron chi connectivity index (χ1n) is 13.3. The van der Waals surface area contributed by atoms with E-state index >= 15 is 0 Å². The summed E-state index contributed by atoms with van der Waals surface area (Å²) in [7, 11) is 0. The van der Waals surface area contributed by atoms with Crippen molar-refractivity contribution in [2.45, 2.75) is 0 Å². The highest BCUT2D eigenvalue weighted by Gasteiger charge is 2.43. The zero-order chi connectivity index (χ0) is 29.1. The zero-order valence-electron chi connectivity index (χ0n) is 22.3. The third-order valence-electron chi connectivity index (χ3n) is 6.89. The van der Waals surface area contributed by atoms with Gasteiger partial charge in [-0.3, -0.25) is 9.59 Å². The largest absolute Gasteiger partial charge is 0.288 e. The van der Waals surface area contributed by atoms with E-state index in [0.29, 0.717) is 28.2 Å². The van der Waals surface area contributed by atoms with E-state index in [2.05, 4.69) is 0 Å². The highest BCUT2D eigenvalue weighted by atomic mass is 19.1. The van der Waals surface area contributed by atoms with E-state index in [1.807, 2.05) is 42.5 Å². The van der Waals surface area contributed by atoms with Gasteiger partial charge in [0.2, 0.25) is 5.78 Å². The van der Waals surface area contributed by atoms with Gasteiger partial charge >= 0.3 is 0 Å². The first kappa shape index (κ1) is 26.6. The van der Waals surface area contributed by atoms with Gasteiger partial charge in [-0.15, -0.1) is 0 Å². The number of hydrazine groups is 1. The van der Waals surface area contributed by atoms with Crippen molar-refractivity contribution < 1.29 is 18.4 Å². The lowest BCUT2D eigenvalue weighted by Crippen LogP contribution is -2.38. The van der Waals surface area contributed by atoms with Gasteiger partial charge in [0.15, 0.2) is 5.78 Å². The van der Waals surface area contributed by atoms with Crippen LogP contribution in [-0.4, -0.2) is 11.6 Å². The molecular weight excluding hydrogens is 530 g/mol. The normalized spacial score (nSPS) is 14.0. The Hall–Kier alpha value is -5.62. The van der Waals surface area contributed by atoms with E-state index < -0.39 is 17.4 Å². The number of allylic oxidation sites excluding steroid dienone is 2. The number of benzene rings is 5. The monoisotopic (exact) mass is 554 g/mol. The molecule has 4 nitrogen and oxygen atoms in total. The molecule has 1 aliphatic heterocycles. The van der Waals surface area contributed by atoms with Crippen LogP contribution in [0.5, 0.6) is 0 Å². The maximum Gasteiger partial charge on any atom is 0.212 e. The maximum absolute atomic E-state index is 14.4. The number of ketones is 2. The SMILES string of the molecule is O=C(C1=C(C(=O)c2ccccc2)N(c2ccc(F)cc2)N(c2ccc(F)cc2)/C1=C\c1ccccc1)c1ccccc1. The van der Waals surface area contributed by atoms with Crippen LogP contribution in [0.4, 0.5) is 20.2 Å². The van der Waals surface area contributed by atoms with Gasteiger partial charge in [0.05, 0.1) is 22.6 Å². The van der Waals surface area contributed by atoms with Crippen LogP contribution in [0.25, 0.3) is 6.08 Å². The number of halogens is 2. The highest BCUT2D eigenvalue weighted by molar-refractivity contribution is 6.24. The van der Waals surface area contributed by atoms with Crippen LogP contribution < -0.4 is 10.0 Å². The van der Waals surface area contributed by atoms with Crippen LogP contribution in [0.3, 0.4) is 0 Å². The van der Waals surface area contributed by atoms with E-state index in [4.69, 9.17) is 0 Å². The number of nitrogens with zero attached hydrogens (tertiary/aromatic N) is 2. The molecule has 0 saturated heterocycles. The number of carbonyl (C=O) groups excluding carboxylic acids is 2. The number of anilines is 2. The lowest BCUT2D eigenvalue weighted by molar-refractivity contribution is 0.100. The molecule has 0 aromatic heterocycles. The average Bonchev–Trinajstić information content (AvgIpc) is 3.36. The van der Waals surface area contributed by atoms with Crippen LogP contribution in [0, 0.1) is 11.6 Å². The van der Waals surface area contributed by atoms with Crippen molar-refractivity contribution in [2.24, 2.45) is 0 Å². The first-order chi connectivity index (χ1) is 20.5. The Morgan fingerprint density at radius 2 is 0.929 bits per heavy atom. The van der Waals surface area contributed by atoms with Crippen molar-refractivity contribution in [3.8, 4) is 0 Å². The van der Waals surface area contributed by atoms with Gasteiger partial charge in [0, 0.05) is 11.1 Å². The van der Waals surface area contributed by atoms with Gasteiger partial charge in [0.25, 0.3) is 0 Å². The third-order valence-corrected chi connectivity index (χ3v) is 6.89. The molecular formula is C36H24F2N2O2. The Morgan fingerprint density at radius 1 is 0.500 bits per heavy atom. The molecule has 5 aromatic carbocycles. The fourth-order valence-electron chi connectivity index (χ4n) is 4.94. The van der Waals surface area contributed by atoms with Gasteiger partial charge in [-0.2, -0.15) is 0 Å². The summed E-state index contributed by atoms with van der Waals surface area (Å²) < 4.78 is 28.3. The van der Waals surface area contributed by atoms with Gasteiger partial charge in [-0.05, 0) is 60.2 Å². The summed E-state index contributed by atoms with van der Waals surface area (Å²) in [5, 5.41) is 3.30. The van der Waals surface area contributed by atoms with E-state index in [9.17, 15) is 18.4 Å². The summed E-state index contributed by atoms with van der Waals surface area (Å²) >= 11 is 0. The highest BCUT2D eigenvalue weighted by Crippen LogP contribution is 2.43. The predicted octanol–water partition coefficient (Wildman–Crippen LogP) is 8.27. The number of rotatable bonds is 7. The summed E-state index contributed by atoms with van der Waals surface area (Å²) in [6.45, 7) is 0. The van der Waals surface area contributed by atoms with E-state index in [0.717, 1.165) is 5.56 Å². The predicted molar refractivity (Wildman–Crippen MR) is 161 cm³/mol. The lowest BCUT2D eigenvalue weighted by atomic mass is 9.95. The molecule has 42 heavy (non-hydrogen) atoms. The number of hydrogen-bond acceptors (Lipinski definition) is 4. The number of hydrogen-bond donors (Lipinski definition) is 0. The fraction of sp³-hybridized carbons (Fsp3) is 0. The van der Waals surface area contributed by atoms with Crippen LogP contribution >= 0.6 is 0 Å². The second-order valence-corrected chi connectivity index (χ2v) is 9.63. The molecule has 204 valence electrons. The molecule has 0 fully saturated rings. The average molecular weight is 555 g/mol. The third kappa shape index (κ3) is 5.13. The van der Waals surface area contributed by atoms with Gasteiger partial charge in [-0.1, -0.05) is 91.0 Å². The summed E-state index contributed by atoms with van der Waals surface area (Å²) in [4.78, 5) is 28.9. The lowest BCUT2D eigenvalue weighted by Gasteiger charge is -2.34. The Kier molecular flexibility index (Phi) is 7.26. The Balaban J connectivity index is 1.70. The van der Waals surface area contributed by atoms with Crippen molar-refractivity contribution in [1.82, 2.24) is 0 Å². The molecule has 0 unspecified atom stereocenters. The summed E-state index contributed by atoms with van der Waals surface area (Å²) in [5.74, 6) is -1.66. The molecule has 0 saturated carbocycles. The molecule has 0 amide bonds. The number of carbonyl (C=O) groups is 2. The van der Waals surface area contributed by atoms with Crippen molar-refractivity contribution in [1.29, 1.82) is 0 Å². The second-order valence-electron chi connectivity index (χ2n) is 9.63. The first-order valence-corrected chi connectivity index (χ1v) is 13.3. The quantitative estimate of drug-likeness (QED) is 0.190. The van der Waals surface area contributed by atoms with E-state index in [1.165, 1.54) is 24.3 Å². The molecule has 0 spiro atoms. The van der Waals surface area contributed by atoms with Gasteiger partial charge < -0.3 is 0 Å². The summed E-state index contributed by atoms with van der Waals surface area (Å²) in [6.07, 6.45) is 1.82. The molecule has 0 atom stereocenters. The van der Waals surface area contributed by atoms with Gasteiger partial charge in [-0.25, -0.2) is 18.8 Å². The van der Waals surface area contributed by atoms with Crippen molar-refractivity contribution >= 4 is 29.0 Å². The summed E-state index contributed by atoms with van der Waals surface area (Å²) in [5.41, 5.74) is 3.14. The molecule has 6 rings (SSSR count). The maximum atomic E-state index is 14.4. The standard InChI is InChI=1S/C36H24F2N2O2/c37-28-16-20-30(21-17-28)39-32(24-25-10-4-1-5-11-25)33(35(41)26-12-6-2-7-13-26)34(36(42)27-14-8-3-9-15-27)40(39)31-22-18-29(38)19-23-31/h1-24H/b32-24-. The Morgan fingerprint density at radius 3 is 1.43 bits per heavy atom. The van der Waals surface area contributed by atoms with Crippen molar-refractivity contribution in [3.05, 3.63) is 185 Å². The molecule has 1 heterocycles. The van der Waals surface area contributed by atoms with E-state index in [-0.39, 0.29) is 17.1 Å². The zero-order valence-corrected chi connectivity index (χ0v) is 22.3. The Labute approximate surface area is 242 Å². The van der Waals surface area contributed by atoms with Crippen LogP contribution in [0.2, 0.25) is 0 Å². The van der Waals surface area contributed by atoms with Crippen molar-refractivity contribution in [2.75, 3.05) is 10.0 Å². The minimum absolute atomic E-state index is 0.0909. The van der Waals surface area contributed by atoms with Crippen LogP contribution in [0.15, 0.2) is 156 Å². The van der Waals surface area contributed by atoms with Crippen LogP contribution in [-0.2, 0) is 0 Å². The fourth-order valence-corrected chi connectivity index (χ4v) is 4.94. The number of Topliss-reactive ketones (excluding diaryl/α,β-unsaturated/α-hetero) is 2. The van der Waals surface area contributed by atoms with Gasteiger partial charge in [0.1, 0.15) is 17.3 Å². The van der Waals surface area contributed by atoms with Crippen LogP contribution in [0.1, 0.15) is 26.3 Å².